The van der Waals surface area contributed by atoms with Crippen LogP contribution in [0.2, 0.25) is 0 Å². The first-order chi connectivity index (χ1) is 11.9. The van der Waals surface area contributed by atoms with Gasteiger partial charge in [0.15, 0.2) is 0 Å². The third-order valence-electron chi connectivity index (χ3n) is 3.67. The number of carboxylic acid groups (broad SMARTS) is 1. The van der Waals surface area contributed by atoms with Crippen LogP contribution < -0.4 is 27.8 Å². The summed E-state index contributed by atoms with van der Waals surface area (Å²) in [6.07, 6.45) is 2.99. The lowest BCUT2D eigenvalue weighted by atomic mass is 10.1. The van der Waals surface area contributed by atoms with E-state index < -0.39 is 42.5 Å². The van der Waals surface area contributed by atoms with E-state index in [-0.39, 0.29) is 6.42 Å². The number of hydrogen-bond donors (Lipinski definition) is 7. The Morgan fingerprint density at radius 3 is 1.76 bits per heavy atom. The minimum absolute atomic E-state index is 0.248. The van der Waals surface area contributed by atoms with Gasteiger partial charge in [-0.3, -0.25) is 9.59 Å². The predicted octanol–water partition coefficient (Wildman–Crippen LogP) is -2.38. The van der Waals surface area contributed by atoms with Crippen LogP contribution >= 0.6 is 0 Å². The van der Waals surface area contributed by atoms with E-state index in [0.717, 1.165) is 0 Å². The SMILES string of the molecule is NCCCCC(NC(=O)C(CCCCN)NC(=O)C(N)CO)C(=O)O. The van der Waals surface area contributed by atoms with Gasteiger partial charge >= 0.3 is 5.97 Å². The molecule has 0 saturated heterocycles. The van der Waals surface area contributed by atoms with Gasteiger partial charge < -0.3 is 38.0 Å². The van der Waals surface area contributed by atoms with Crippen LogP contribution in [0.1, 0.15) is 38.5 Å². The molecule has 0 fully saturated rings. The Balaban J connectivity index is 4.85. The highest BCUT2D eigenvalue weighted by Gasteiger charge is 2.27. The summed E-state index contributed by atoms with van der Waals surface area (Å²) in [5, 5.41) is 23.0. The van der Waals surface area contributed by atoms with E-state index in [1.165, 1.54) is 0 Å². The van der Waals surface area contributed by atoms with Gasteiger partial charge in [0.1, 0.15) is 18.1 Å². The summed E-state index contributed by atoms with van der Waals surface area (Å²) in [7, 11) is 0. The van der Waals surface area contributed by atoms with Gasteiger partial charge in [-0.15, -0.1) is 0 Å². The standard InChI is InChI=1S/C15H31N5O5/c16-7-3-1-5-11(19-13(22)10(18)9-21)14(23)20-12(15(24)25)6-2-4-8-17/h10-12,21H,1-9,16-18H2,(H,19,22)(H,20,23)(H,24,25). The van der Waals surface area contributed by atoms with Crippen LogP contribution in [-0.2, 0) is 14.4 Å². The summed E-state index contributed by atoms with van der Waals surface area (Å²) >= 11 is 0. The molecule has 25 heavy (non-hydrogen) atoms. The normalized spacial score (nSPS) is 14.4. The van der Waals surface area contributed by atoms with Gasteiger partial charge in [0.25, 0.3) is 0 Å². The summed E-state index contributed by atoms with van der Waals surface area (Å²) in [5.74, 6) is -2.43. The van der Waals surface area contributed by atoms with Crippen molar-refractivity contribution >= 4 is 17.8 Å². The Labute approximate surface area is 147 Å². The van der Waals surface area contributed by atoms with E-state index in [2.05, 4.69) is 10.6 Å². The fraction of sp³-hybridized carbons (Fsp3) is 0.800. The van der Waals surface area contributed by atoms with Gasteiger partial charge in [-0.05, 0) is 51.6 Å². The monoisotopic (exact) mass is 361 g/mol. The van der Waals surface area contributed by atoms with Crippen LogP contribution in [0.25, 0.3) is 0 Å². The molecular weight excluding hydrogens is 330 g/mol. The molecule has 3 unspecified atom stereocenters. The highest BCUT2D eigenvalue weighted by atomic mass is 16.4. The zero-order chi connectivity index (χ0) is 19.2. The van der Waals surface area contributed by atoms with Crippen molar-refractivity contribution in [2.75, 3.05) is 19.7 Å². The molecule has 0 spiro atoms. The molecule has 146 valence electrons. The van der Waals surface area contributed by atoms with Gasteiger partial charge in [-0.2, -0.15) is 0 Å². The van der Waals surface area contributed by atoms with Gasteiger partial charge in [-0.25, -0.2) is 4.79 Å². The number of carboxylic acids is 1. The predicted molar refractivity (Wildman–Crippen MR) is 92.4 cm³/mol. The third-order valence-corrected chi connectivity index (χ3v) is 3.67. The Morgan fingerprint density at radius 1 is 0.840 bits per heavy atom. The highest BCUT2D eigenvalue weighted by Crippen LogP contribution is 2.05. The maximum atomic E-state index is 12.4. The second-order valence-electron chi connectivity index (χ2n) is 5.82. The molecule has 3 atom stereocenters. The van der Waals surface area contributed by atoms with Crippen molar-refractivity contribution in [3.63, 3.8) is 0 Å². The Morgan fingerprint density at radius 2 is 1.32 bits per heavy atom. The Kier molecular flexibility index (Phi) is 12.6. The van der Waals surface area contributed by atoms with Crippen LogP contribution in [0.3, 0.4) is 0 Å². The lowest BCUT2D eigenvalue weighted by Crippen LogP contribution is -2.55. The summed E-state index contributed by atoms with van der Waals surface area (Å²) in [5.41, 5.74) is 16.2. The molecule has 0 aliphatic carbocycles. The van der Waals surface area contributed by atoms with Crippen molar-refractivity contribution in [1.29, 1.82) is 0 Å². The number of carbonyl (C=O) groups excluding carboxylic acids is 2. The lowest BCUT2D eigenvalue weighted by Gasteiger charge is -2.22. The minimum atomic E-state index is -1.15. The quantitative estimate of drug-likeness (QED) is 0.167. The Bertz CT molecular complexity index is 421. The van der Waals surface area contributed by atoms with Gasteiger partial charge in [0.05, 0.1) is 6.61 Å². The average molecular weight is 361 g/mol. The first-order valence-corrected chi connectivity index (χ1v) is 8.47. The fourth-order valence-corrected chi connectivity index (χ4v) is 2.15. The smallest absolute Gasteiger partial charge is 0.326 e. The molecule has 0 aliphatic heterocycles. The number of aliphatic carboxylic acids is 1. The number of aliphatic hydroxyl groups excluding tert-OH is 1. The molecule has 0 aromatic rings. The van der Waals surface area contributed by atoms with E-state index in [4.69, 9.17) is 22.3 Å². The molecule has 10 nitrogen and oxygen atoms in total. The van der Waals surface area contributed by atoms with E-state index in [0.29, 0.717) is 45.2 Å². The summed E-state index contributed by atoms with van der Waals surface area (Å²) in [6, 6.07) is -3.14. The summed E-state index contributed by atoms with van der Waals surface area (Å²) in [6.45, 7) is 0.326. The molecule has 0 aromatic carbocycles. The maximum absolute atomic E-state index is 12.4. The molecule has 0 bridgehead atoms. The number of unbranched alkanes of at least 4 members (excludes halogenated alkanes) is 2. The van der Waals surface area contributed by atoms with Crippen LogP contribution in [0, 0.1) is 0 Å². The largest absolute Gasteiger partial charge is 0.480 e. The molecule has 0 aliphatic rings. The molecule has 2 amide bonds. The maximum Gasteiger partial charge on any atom is 0.326 e. The van der Waals surface area contributed by atoms with Crippen molar-refractivity contribution in [2.45, 2.75) is 56.7 Å². The highest BCUT2D eigenvalue weighted by molar-refractivity contribution is 5.91. The first-order valence-electron chi connectivity index (χ1n) is 8.47. The first kappa shape index (κ1) is 23.2. The second-order valence-corrected chi connectivity index (χ2v) is 5.82. The average Bonchev–Trinajstić information content (AvgIpc) is 2.58. The van der Waals surface area contributed by atoms with E-state index in [9.17, 15) is 19.5 Å². The minimum Gasteiger partial charge on any atom is -0.480 e. The lowest BCUT2D eigenvalue weighted by molar-refractivity contribution is -0.142. The number of nitrogens with two attached hydrogens (primary N) is 3. The van der Waals surface area contributed by atoms with Gasteiger partial charge in [0.2, 0.25) is 11.8 Å². The number of nitrogens with one attached hydrogen (secondary N) is 2. The van der Waals surface area contributed by atoms with E-state index in [1.807, 2.05) is 0 Å². The summed E-state index contributed by atoms with van der Waals surface area (Å²) < 4.78 is 0. The zero-order valence-electron chi connectivity index (χ0n) is 14.4. The molecule has 0 saturated carbocycles. The Hall–Kier alpha value is -1.75. The topological polar surface area (TPSA) is 194 Å². The number of amides is 2. The molecule has 0 rings (SSSR count). The van der Waals surface area contributed by atoms with Crippen molar-refractivity contribution < 1.29 is 24.6 Å². The number of rotatable bonds is 14. The molecule has 0 radical (unpaired) electrons. The van der Waals surface area contributed by atoms with Crippen LogP contribution in [-0.4, -0.2) is 65.8 Å². The van der Waals surface area contributed by atoms with Gasteiger partial charge in [0, 0.05) is 0 Å². The molecule has 0 heterocycles. The molecule has 10 N–H and O–H groups in total. The molecule has 0 aromatic heterocycles. The number of aliphatic hydroxyl groups is 1. The number of carbonyl (C=O) groups is 3. The number of hydrogen-bond acceptors (Lipinski definition) is 7. The van der Waals surface area contributed by atoms with Crippen molar-refractivity contribution in [3.8, 4) is 0 Å². The van der Waals surface area contributed by atoms with Crippen molar-refractivity contribution in [1.82, 2.24) is 10.6 Å². The third kappa shape index (κ3) is 9.97. The zero-order valence-corrected chi connectivity index (χ0v) is 14.4. The second kappa shape index (κ2) is 13.5. The molecule has 10 heteroatoms. The van der Waals surface area contributed by atoms with E-state index in [1.54, 1.807) is 0 Å². The van der Waals surface area contributed by atoms with Crippen molar-refractivity contribution in [2.24, 2.45) is 17.2 Å². The van der Waals surface area contributed by atoms with Gasteiger partial charge in [-0.1, -0.05) is 0 Å². The van der Waals surface area contributed by atoms with Crippen molar-refractivity contribution in [3.05, 3.63) is 0 Å². The molecular formula is C15H31N5O5. The van der Waals surface area contributed by atoms with Crippen LogP contribution in [0.15, 0.2) is 0 Å². The fourth-order valence-electron chi connectivity index (χ4n) is 2.15. The van der Waals surface area contributed by atoms with Crippen LogP contribution in [0.4, 0.5) is 0 Å². The summed E-state index contributed by atoms with van der Waals surface area (Å²) in [4.78, 5) is 35.5. The van der Waals surface area contributed by atoms with E-state index >= 15 is 0 Å². The van der Waals surface area contributed by atoms with Crippen LogP contribution in [0.5, 0.6) is 0 Å².